The summed E-state index contributed by atoms with van der Waals surface area (Å²) < 4.78 is 11.9. The van der Waals surface area contributed by atoms with Crippen LogP contribution < -0.4 is 10.1 Å². The van der Waals surface area contributed by atoms with Crippen molar-refractivity contribution >= 4 is 27.8 Å². The van der Waals surface area contributed by atoms with E-state index in [9.17, 15) is 9.59 Å². The van der Waals surface area contributed by atoms with Crippen LogP contribution >= 0.6 is 15.9 Å². The number of aliphatic carboxylic acids is 1. The van der Waals surface area contributed by atoms with E-state index < -0.39 is 17.8 Å². The Hall–Kier alpha value is -2.28. The summed E-state index contributed by atoms with van der Waals surface area (Å²) in [7, 11) is 0. The van der Waals surface area contributed by atoms with E-state index in [0.29, 0.717) is 11.5 Å². The van der Waals surface area contributed by atoms with Crippen LogP contribution in [0.5, 0.6) is 5.75 Å². The Bertz CT molecular complexity index is 680. The fraction of sp³-hybridized carbons (Fsp3) is 0.250. The number of furan rings is 1. The van der Waals surface area contributed by atoms with E-state index in [1.54, 1.807) is 6.07 Å². The van der Waals surface area contributed by atoms with Crippen LogP contribution in [0, 0.1) is 5.92 Å². The normalized spacial score (nSPS) is 11.7. The molecular formula is C16H16BrNO5. The largest absolute Gasteiger partial charge is 0.486 e. The van der Waals surface area contributed by atoms with E-state index in [1.165, 1.54) is 13.0 Å². The predicted molar refractivity (Wildman–Crippen MR) is 86.3 cm³/mol. The third-order valence-electron chi connectivity index (χ3n) is 3.07. The van der Waals surface area contributed by atoms with Crippen LogP contribution in [-0.4, -0.2) is 23.5 Å². The molecule has 1 aromatic carbocycles. The fourth-order valence-corrected chi connectivity index (χ4v) is 1.95. The number of carbonyl (C=O) groups is 2. The summed E-state index contributed by atoms with van der Waals surface area (Å²) in [6, 6.07) is 10.5. The summed E-state index contributed by atoms with van der Waals surface area (Å²) in [5.74, 6) is -0.761. The van der Waals surface area contributed by atoms with Crippen molar-refractivity contribution < 1.29 is 23.8 Å². The van der Waals surface area contributed by atoms with E-state index >= 15 is 0 Å². The molecule has 0 radical (unpaired) electrons. The molecule has 0 aliphatic heterocycles. The molecule has 1 aromatic heterocycles. The number of ether oxygens (including phenoxy) is 1. The lowest BCUT2D eigenvalue weighted by molar-refractivity contribution is -0.140. The van der Waals surface area contributed by atoms with Crippen LogP contribution in [0.15, 0.2) is 45.3 Å². The van der Waals surface area contributed by atoms with Gasteiger partial charge in [-0.15, -0.1) is 0 Å². The number of carbonyl (C=O) groups excluding carboxylic acids is 1. The van der Waals surface area contributed by atoms with Gasteiger partial charge in [0.25, 0.3) is 5.91 Å². The Labute approximate surface area is 141 Å². The zero-order valence-electron chi connectivity index (χ0n) is 12.4. The minimum absolute atomic E-state index is 0.0413. The Morgan fingerprint density at radius 3 is 2.61 bits per heavy atom. The molecule has 1 amide bonds. The van der Waals surface area contributed by atoms with Crippen LogP contribution in [0.1, 0.15) is 23.2 Å². The molecule has 2 N–H and O–H groups in total. The van der Waals surface area contributed by atoms with Crippen LogP contribution in [0.2, 0.25) is 0 Å². The van der Waals surface area contributed by atoms with Gasteiger partial charge in [-0.05, 0) is 36.4 Å². The third kappa shape index (κ3) is 5.14. The van der Waals surface area contributed by atoms with Gasteiger partial charge in [-0.3, -0.25) is 9.59 Å². The number of amides is 1. The minimum atomic E-state index is -0.965. The van der Waals surface area contributed by atoms with Gasteiger partial charge in [0, 0.05) is 11.0 Å². The number of rotatable bonds is 7. The monoisotopic (exact) mass is 381 g/mol. The van der Waals surface area contributed by atoms with Gasteiger partial charge in [0.05, 0.1) is 5.92 Å². The van der Waals surface area contributed by atoms with Gasteiger partial charge in [-0.1, -0.05) is 22.9 Å². The first-order valence-electron chi connectivity index (χ1n) is 6.94. The quantitative estimate of drug-likeness (QED) is 0.769. The second-order valence-electron chi connectivity index (χ2n) is 4.96. The second-order valence-corrected chi connectivity index (χ2v) is 5.87. The maximum absolute atomic E-state index is 11.9. The van der Waals surface area contributed by atoms with E-state index in [2.05, 4.69) is 21.2 Å². The second kappa shape index (κ2) is 7.82. The molecule has 1 atom stereocenters. The summed E-state index contributed by atoms with van der Waals surface area (Å²) in [6.45, 7) is 1.75. The lowest BCUT2D eigenvalue weighted by Gasteiger charge is -2.07. The molecule has 2 aromatic rings. The summed E-state index contributed by atoms with van der Waals surface area (Å²) in [5, 5.41) is 11.3. The molecule has 0 saturated heterocycles. The molecule has 1 unspecified atom stereocenters. The molecule has 1 heterocycles. The minimum Gasteiger partial charge on any atom is -0.486 e. The maximum atomic E-state index is 11.9. The Morgan fingerprint density at radius 1 is 1.26 bits per heavy atom. The topological polar surface area (TPSA) is 88.8 Å². The number of hydrogen-bond donors (Lipinski definition) is 2. The maximum Gasteiger partial charge on any atom is 0.308 e. The van der Waals surface area contributed by atoms with Crippen molar-refractivity contribution in [3.63, 3.8) is 0 Å². The van der Waals surface area contributed by atoms with Crippen molar-refractivity contribution in [2.45, 2.75) is 13.5 Å². The number of benzene rings is 1. The lowest BCUT2D eigenvalue weighted by atomic mass is 10.2. The zero-order valence-corrected chi connectivity index (χ0v) is 14.0. The highest BCUT2D eigenvalue weighted by Crippen LogP contribution is 2.18. The number of halogens is 1. The Kier molecular flexibility index (Phi) is 5.81. The first-order chi connectivity index (χ1) is 11.0. The Balaban J connectivity index is 1.86. The molecule has 0 aliphatic carbocycles. The van der Waals surface area contributed by atoms with Gasteiger partial charge >= 0.3 is 5.97 Å². The molecule has 6 nitrogen and oxygen atoms in total. The van der Waals surface area contributed by atoms with Gasteiger partial charge in [0.15, 0.2) is 5.76 Å². The highest BCUT2D eigenvalue weighted by Gasteiger charge is 2.15. The molecular weight excluding hydrogens is 366 g/mol. The predicted octanol–water partition coefficient (Wildman–Crippen LogP) is 3.07. The standard InChI is InChI=1S/C16H16BrNO5/c1-10(16(20)21)8-18-15(19)14-7-6-13(23-14)9-22-12-4-2-11(17)3-5-12/h2-7,10H,8-9H2,1H3,(H,18,19)(H,20,21). The number of hydrogen-bond acceptors (Lipinski definition) is 4. The summed E-state index contributed by atoms with van der Waals surface area (Å²) in [6.07, 6.45) is 0. The summed E-state index contributed by atoms with van der Waals surface area (Å²) >= 11 is 3.34. The average molecular weight is 382 g/mol. The number of carboxylic acids is 1. The van der Waals surface area contributed by atoms with Gasteiger partial charge in [0.2, 0.25) is 0 Å². The molecule has 23 heavy (non-hydrogen) atoms. The zero-order chi connectivity index (χ0) is 16.8. The molecule has 0 spiro atoms. The molecule has 7 heteroatoms. The Morgan fingerprint density at radius 2 is 1.96 bits per heavy atom. The van der Waals surface area contributed by atoms with Gasteiger partial charge in [-0.25, -0.2) is 0 Å². The van der Waals surface area contributed by atoms with Crippen molar-refractivity contribution in [2.24, 2.45) is 5.92 Å². The highest BCUT2D eigenvalue weighted by atomic mass is 79.9. The van der Waals surface area contributed by atoms with Crippen molar-refractivity contribution in [1.29, 1.82) is 0 Å². The highest BCUT2D eigenvalue weighted by molar-refractivity contribution is 9.10. The van der Waals surface area contributed by atoms with E-state index in [4.69, 9.17) is 14.3 Å². The van der Waals surface area contributed by atoms with Crippen molar-refractivity contribution in [3.05, 3.63) is 52.4 Å². The van der Waals surface area contributed by atoms with E-state index in [0.717, 1.165) is 4.47 Å². The van der Waals surface area contributed by atoms with E-state index in [-0.39, 0.29) is 18.9 Å². The molecule has 2 rings (SSSR count). The summed E-state index contributed by atoms with van der Waals surface area (Å²) in [5.41, 5.74) is 0. The molecule has 0 saturated carbocycles. The number of nitrogens with one attached hydrogen (secondary N) is 1. The van der Waals surface area contributed by atoms with Crippen molar-refractivity contribution in [3.8, 4) is 5.75 Å². The number of carboxylic acid groups (broad SMARTS) is 1. The fourth-order valence-electron chi connectivity index (χ4n) is 1.68. The summed E-state index contributed by atoms with van der Waals surface area (Å²) in [4.78, 5) is 22.6. The molecule has 0 bridgehead atoms. The SMILES string of the molecule is CC(CNC(=O)c1ccc(COc2ccc(Br)cc2)o1)C(=O)O. The van der Waals surface area contributed by atoms with Crippen LogP contribution in [0.3, 0.4) is 0 Å². The lowest BCUT2D eigenvalue weighted by Crippen LogP contribution is -2.31. The first kappa shape index (κ1) is 17.1. The van der Waals surface area contributed by atoms with Gasteiger partial charge in [0.1, 0.15) is 18.1 Å². The van der Waals surface area contributed by atoms with Gasteiger partial charge in [-0.2, -0.15) is 0 Å². The van der Waals surface area contributed by atoms with Gasteiger partial charge < -0.3 is 19.6 Å². The molecule has 122 valence electrons. The van der Waals surface area contributed by atoms with E-state index in [1.807, 2.05) is 24.3 Å². The smallest absolute Gasteiger partial charge is 0.308 e. The average Bonchev–Trinajstić information content (AvgIpc) is 3.00. The molecule has 0 aliphatic rings. The van der Waals surface area contributed by atoms with Crippen LogP contribution in [-0.2, 0) is 11.4 Å². The van der Waals surface area contributed by atoms with Crippen LogP contribution in [0.4, 0.5) is 0 Å². The molecule has 0 fully saturated rings. The van der Waals surface area contributed by atoms with Crippen LogP contribution in [0.25, 0.3) is 0 Å². The van der Waals surface area contributed by atoms with Crippen molar-refractivity contribution in [2.75, 3.05) is 6.54 Å². The van der Waals surface area contributed by atoms with Crippen molar-refractivity contribution in [1.82, 2.24) is 5.32 Å². The third-order valence-corrected chi connectivity index (χ3v) is 3.60. The first-order valence-corrected chi connectivity index (χ1v) is 7.73.